The molecule has 1 rings (SSSR count). The van der Waals surface area contributed by atoms with Gasteiger partial charge in [0.2, 0.25) is 0 Å². The molecule has 1 nitrogen and oxygen atoms in total. The summed E-state index contributed by atoms with van der Waals surface area (Å²) in [6.45, 7) is 3.56. The Labute approximate surface area is 85.6 Å². The largest absolute Gasteiger partial charge is 0.324 e. The summed E-state index contributed by atoms with van der Waals surface area (Å²) in [5.74, 6) is -0.274. The van der Waals surface area contributed by atoms with Crippen molar-refractivity contribution in [3.63, 3.8) is 0 Å². The van der Waals surface area contributed by atoms with Gasteiger partial charge in [-0.3, -0.25) is 0 Å². The molecule has 0 unspecified atom stereocenters. The number of rotatable bonds is 3. The molecule has 0 aromatic heterocycles. The molecule has 1 aromatic carbocycles. The van der Waals surface area contributed by atoms with Gasteiger partial charge >= 0.3 is 0 Å². The predicted octanol–water partition coefficient (Wildman–Crippen LogP) is 3.16. The zero-order chi connectivity index (χ0) is 9.84. The van der Waals surface area contributed by atoms with Crippen LogP contribution >= 0.6 is 15.9 Å². The van der Waals surface area contributed by atoms with E-state index in [1.165, 1.54) is 6.07 Å². The fourth-order valence-electron chi connectivity index (χ4n) is 1.11. The first-order chi connectivity index (χ1) is 6.15. The van der Waals surface area contributed by atoms with Crippen LogP contribution in [0.1, 0.15) is 18.0 Å². The molecule has 3 heteroatoms. The maximum atomic E-state index is 13.3. The zero-order valence-corrected chi connectivity index (χ0v) is 8.72. The van der Waals surface area contributed by atoms with E-state index in [1.54, 1.807) is 18.2 Å². The molecular formula is C10H11BrFN. The van der Waals surface area contributed by atoms with Crippen molar-refractivity contribution < 1.29 is 4.39 Å². The SMILES string of the molecule is C=CC[C@H](N)c1ccc(Br)cc1F. The lowest BCUT2D eigenvalue weighted by atomic mass is 10.0. The van der Waals surface area contributed by atoms with Gasteiger partial charge in [-0.2, -0.15) is 0 Å². The summed E-state index contributed by atoms with van der Waals surface area (Å²) < 4.78 is 14.0. The molecule has 2 N–H and O–H groups in total. The van der Waals surface area contributed by atoms with Crippen molar-refractivity contribution in [2.24, 2.45) is 5.73 Å². The Balaban J connectivity index is 2.94. The van der Waals surface area contributed by atoms with E-state index in [-0.39, 0.29) is 11.9 Å². The molecule has 1 atom stereocenters. The topological polar surface area (TPSA) is 26.0 Å². The van der Waals surface area contributed by atoms with E-state index in [9.17, 15) is 4.39 Å². The van der Waals surface area contributed by atoms with Gasteiger partial charge < -0.3 is 5.73 Å². The van der Waals surface area contributed by atoms with E-state index in [2.05, 4.69) is 22.5 Å². The number of hydrogen-bond donors (Lipinski definition) is 1. The van der Waals surface area contributed by atoms with Crippen molar-refractivity contribution >= 4 is 15.9 Å². The Bertz CT molecular complexity index is 312. The highest BCUT2D eigenvalue weighted by molar-refractivity contribution is 9.10. The summed E-state index contributed by atoms with van der Waals surface area (Å²) >= 11 is 3.18. The van der Waals surface area contributed by atoms with Crippen molar-refractivity contribution in [2.75, 3.05) is 0 Å². The first-order valence-electron chi connectivity index (χ1n) is 3.96. The van der Waals surface area contributed by atoms with Crippen LogP contribution in [0.3, 0.4) is 0 Å². The van der Waals surface area contributed by atoms with Gasteiger partial charge in [-0.1, -0.05) is 28.1 Å². The Morgan fingerprint density at radius 2 is 2.31 bits per heavy atom. The van der Waals surface area contributed by atoms with Gasteiger partial charge in [0.25, 0.3) is 0 Å². The Hall–Kier alpha value is -0.670. The Morgan fingerprint density at radius 3 is 2.85 bits per heavy atom. The molecule has 0 saturated heterocycles. The molecule has 0 fully saturated rings. The standard InChI is InChI=1S/C10H11BrFN/c1-2-3-10(13)8-5-4-7(11)6-9(8)12/h2,4-6,10H,1,3,13H2/t10-/m0/s1. The second kappa shape index (κ2) is 4.53. The third-order valence-electron chi connectivity index (χ3n) is 1.78. The molecule has 0 amide bonds. The number of halogens is 2. The fourth-order valence-corrected chi connectivity index (χ4v) is 1.44. The van der Waals surface area contributed by atoms with Crippen LogP contribution in [0, 0.1) is 5.82 Å². The van der Waals surface area contributed by atoms with Crippen molar-refractivity contribution in [1.82, 2.24) is 0 Å². The molecule has 0 aliphatic rings. The monoisotopic (exact) mass is 243 g/mol. The predicted molar refractivity (Wildman–Crippen MR) is 55.8 cm³/mol. The van der Waals surface area contributed by atoms with Crippen molar-refractivity contribution in [3.05, 3.63) is 46.7 Å². The van der Waals surface area contributed by atoms with E-state index in [4.69, 9.17) is 5.73 Å². The normalized spacial score (nSPS) is 12.5. The Kier molecular flexibility index (Phi) is 3.63. The molecule has 0 aliphatic heterocycles. The van der Waals surface area contributed by atoms with Crippen LogP contribution in [0.15, 0.2) is 35.3 Å². The molecule has 0 aliphatic carbocycles. The lowest BCUT2D eigenvalue weighted by Gasteiger charge is -2.10. The maximum absolute atomic E-state index is 13.3. The third-order valence-corrected chi connectivity index (χ3v) is 2.28. The van der Waals surface area contributed by atoms with E-state index >= 15 is 0 Å². The molecule has 70 valence electrons. The maximum Gasteiger partial charge on any atom is 0.129 e. The van der Waals surface area contributed by atoms with Crippen molar-refractivity contribution in [1.29, 1.82) is 0 Å². The lowest BCUT2D eigenvalue weighted by molar-refractivity contribution is 0.583. The second-order valence-electron chi connectivity index (χ2n) is 2.80. The van der Waals surface area contributed by atoms with Gasteiger partial charge in [-0.05, 0) is 18.6 Å². The summed E-state index contributed by atoms with van der Waals surface area (Å²) in [5, 5.41) is 0. The van der Waals surface area contributed by atoms with Gasteiger partial charge in [0, 0.05) is 16.1 Å². The quantitative estimate of drug-likeness (QED) is 0.812. The minimum absolute atomic E-state index is 0.274. The first-order valence-corrected chi connectivity index (χ1v) is 4.76. The van der Waals surface area contributed by atoms with Crippen LogP contribution in [-0.4, -0.2) is 0 Å². The Morgan fingerprint density at radius 1 is 1.62 bits per heavy atom. The summed E-state index contributed by atoms with van der Waals surface area (Å²) in [6.07, 6.45) is 2.27. The second-order valence-corrected chi connectivity index (χ2v) is 3.71. The highest BCUT2D eigenvalue weighted by Gasteiger charge is 2.09. The van der Waals surface area contributed by atoms with Crippen LogP contribution in [0.2, 0.25) is 0 Å². The zero-order valence-electron chi connectivity index (χ0n) is 7.13. The molecule has 13 heavy (non-hydrogen) atoms. The van der Waals surface area contributed by atoms with E-state index in [0.717, 1.165) is 4.47 Å². The molecule has 1 aromatic rings. The minimum atomic E-state index is -0.300. The lowest BCUT2D eigenvalue weighted by Crippen LogP contribution is -2.10. The summed E-state index contributed by atoms with van der Waals surface area (Å²) in [6, 6.07) is 4.58. The van der Waals surface area contributed by atoms with E-state index in [1.807, 2.05) is 0 Å². The van der Waals surface area contributed by atoms with E-state index < -0.39 is 0 Å². The molecule has 0 bridgehead atoms. The number of benzene rings is 1. The van der Waals surface area contributed by atoms with Crippen molar-refractivity contribution in [2.45, 2.75) is 12.5 Å². The van der Waals surface area contributed by atoms with Gasteiger partial charge in [0.1, 0.15) is 5.82 Å². The highest BCUT2D eigenvalue weighted by Crippen LogP contribution is 2.21. The average molecular weight is 244 g/mol. The highest BCUT2D eigenvalue weighted by atomic mass is 79.9. The molecule has 0 heterocycles. The van der Waals surface area contributed by atoms with Crippen LogP contribution < -0.4 is 5.73 Å². The van der Waals surface area contributed by atoms with Gasteiger partial charge in [0.05, 0.1) is 0 Å². The molecule has 0 saturated carbocycles. The summed E-state index contributed by atoms with van der Waals surface area (Å²) in [4.78, 5) is 0. The number of hydrogen-bond acceptors (Lipinski definition) is 1. The van der Waals surface area contributed by atoms with Gasteiger partial charge in [-0.15, -0.1) is 6.58 Å². The van der Waals surface area contributed by atoms with Gasteiger partial charge in [-0.25, -0.2) is 4.39 Å². The summed E-state index contributed by atoms with van der Waals surface area (Å²) in [5.41, 5.74) is 6.26. The fraction of sp³-hybridized carbons (Fsp3) is 0.200. The first kappa shape index (κ1) is 10.4. The summed E-state index contributed by atoms with van der Waals surface area (Å²) in [7, 11) is 0. The minimum Gasteiger partial charge on any atom is -0.324 e. The van der Waals surface area contributed by atoms with Crippen LogP contribution in [0.25, 0.3) is 0 Å². The van der Waals surface area contributed by atoms with Crippen LogP contribution in [0.5, 0.6) is 0 Å². The smallest absolute Gasteiger partial charge is 0.129 e. The van der Waals surface area contributed by atoms with Crippen LogP contribution in [0.4, 0.5) is 4.39 Å². The third kappa shape index (κ3) is 2.64. The van der Waals surface area contributed by atoms with Gasteiger partial charge in [0.15, 0.2) is 0 Å². The number of nitrogens with two attached hydrogens (primary N) is 1. The van der Waals surface area contributed by atoms with Crippen LogP contribution in [-0.2, 0) is 0 Å². The molecule has 0 radical (unpaired) electrons. The van der Waals surface area contributed by atoms with Crippen molar-refractivity contribution in [3.8, 4) is 0 Å². The van der Waals surface area contributed by atoms with E-state index in [0.29, 0.717) is 12.0 Å². The molecule has 0 spiro atoms. The average Bonchev–Trinajstić information content (AvgIpc) is 2.04. The molecular weight excluding hydrogens is 233 g/mol.